The monoisotopic (exact) mass is 460 g/mol. The van der Waals surface area contributed by atoms with Crippen molar-refractivity contribution >= 4 is 21.9 Å². The number of fused-ring (bicyclic) bond motifs is 4. The lowest BCUT2D eigenvalue weighted by molar-refractivity contribution is -0.297. The second kappa shape index (κ2) is 6.89. The van der Waals surface area contributed by atoms with E-state index in [1.54, 1.807) is 24.3 Å². The number of rotatable bonds is 3. The Morgan fingerprint density at radius 2 is 1.86 bits per heavy atom. The van der Waals surface area contributed by atoms with Gasteiger partial charge in [0.2, 0.25) is 5.79 Å². The topological polar surface area (TPSA) is 63.2 Å². The maximum Gasteiger partial charge on any atom is 0.338 e. The fourth-order valence-corrected chi connectivity index (χ4v) is 4.52. The molecule has 5 rings (SSSR count). The second-order valence-electron chi connectivity index (χ2n) is 7.90. The Hall–Kier alpha value is -1.77. The van der Waals surface area contributed by atoms with E-state index in [4.69, 9.17) is 23.7 Å². The molecule has 2 aromatic carbocycles. The molecule has 2 fully saturated rings. The number of carbonyl (C=O) groups excluding carboxylic acids is 1. The first-order valence-corrected chi connectivity index (χ1v) is 10.4. The minimum absolute atomic E-state index is 0.0444. The summed E-state index contributed by atoms with van der Waals surface area (Å²) < 4.78 is 31.2. The van der Waals surface area contributed by atoms with Crippen LogP contribution in [0.2, 0.25) is 0 Å². The number of ether oxygens (including phenoxy) is 5. The van der Waals surface area contributed by atoms with E-state index in [1.807, 2.05) is 38.1 Å². The average Bonchev–Trinajstić information content (AvgIpc) is 3.32. The minimum atomic E-state index is -1.05. The molecule has 152 valence electrons. The van der Waals surface area contributed by atoms with Gasteiger partial charge in [0.05, 0.1) is 12.2 Å². The van der Waals surface area contributed by atoms with Crippen LogP contribution in [-0.4, -0.2) is 36.7 Å². The van der Waals surface area contributed by atoms with E-state index in [9.17, 15) is 4.79 Å². The molecule has 7 heteroatoms. The zero-order valence-corrected chi connectivity index (χ0v) is 17.7. The molecule has 0 amide bonds. The maximum atomic E-state index is 12.4. The second-order valence-corrected chi connectivity index (χ2v) is 8.81. The van der Waals surface area contributed by atoms with Gasteiger partial charge < -0.3 is 23.7 Å². The third kappa shape index (κ3) is 3.21. The van der Waals surface area contributed by atoms with Gasteiger partial charge in [-0.1, -0.05) is 40.2 Å². The van der Waals surface area contributed by atoms with Crippen LogP contribution in [0.15, 0.2) is 53.0 Å². The summed E-state index contributed by atoms with van der Waals surface area (Å²) in [5, 5.41) is 0. The fraction of sp³-hybridized carbons (Fsp3) is 0.409. The Morgan fingerprint density at radius 1 is 1.10 bits per heavy atom. The Bertz CT molecular complexity index is 943. The van der Waals surface area contributed by atoms with Crippen LogP contribution >= 0.6 is 15.9 Å². The standard InChI is InChI=1S/C22H21BrO6/c1-21(2)28-18-17(12-25-20(24)13-7-9-15(23)10-8-13)27-22(19(18)29-21)16-6-4-3-5-14(16)11-26-22/h3-10,17-19H,11-12H2,1-2H3/t17-,18+,19+,22+/m0/s1. The van der Waals surface area contributed by atoms with Gasteiger partial charge in [-0.3, -0.25) is 0 Å². The SMILES string of the molecule is CC1(C)O[C@@H]2[C@H](COC(=O)c3ccc(Br)cc3)O[C@@]3(OCc4ccccc43)[C@@H]2O1. The molecule has 0 unspecified atom stereocenters. The van der Waals surface area contributed by atoms with E-state index >= 15 is 0 Å². The van der Waals surface area contributed by atoms with E-state index in [2.05, 4.69) is 15.9 Å². The van der Waals surface area contributed by atoms with Gasteiger partial charge in [0.15, 0.2) is 5.79 Å². The molecule has 6 nitrogen and oxygen atoms in total. The highest BCUT2D eigenvalue weighted by Crippen LogP contribution is 2.53. The molecule has 0 radical (unpaired) electrons. The van der Waals surface area contributed by atoms with E-state index < -0.39 is 35.9 Å². The van der Waals surface area contributed by atoms with Crippen LogP contribution in [0.5, 0.6) is 0 Å². The van der Waals surface area contributed by atoms with E-state index in [1.165, 1.54) is 0 Å². The van der Waals surface area contributed by atoms with Crippen molar-refractivity contribution in [3.05, 3.63) is 69.7 Å². The van der Waals surface area contributed by atoms with Crippen molar-refractivity contribution in [2.75, 3.05) is 6.61 Å². The summed E-state index contributed by atoms with van der Waals surface area (Å²) in [6, 6.07) is 15.0. The van der Waals surface area contributed by atoms with E-state index in [0.717, 1.165) is 15.6 Å². The first-order valence-electron chi connectivity index (χ1n) is 9.56. The molecule has 0 aliphatic carbocycles. The number of hydrogen-bond donors (Lipinski definition) is 0. The molecule has 0 N–H and O–H groups in total. The Balaban J connectivity index is 1.38. The van der Waals surface area contributed by atoms with Crippen molar-refractivity contribution in [2.45, 2.75) is 50.3 Å². The van der Waals surface area contributed by atoms with Gasteiger partial charge in [-0.25, -0.2) is 4.79 Å². The molecule has 0 aromatic heterocycles. The van der Waals surface area contributed by atoms with Crippen LogP contribution in [0.3, 0.4) is 0 Å². The quantitative estimate of drug-likeness (QED) is 0.647. The van der Waals surface area contributed by atoms with Crippen LogP contribution in [-0.2, 0) is 36.1 Å². The number of benzene rings is 2. The van der Waals surface area contributed by atoms with Crippen molar-refractivity contribution in [1.29, 1.82) is 0 Å². The largest absolute Gasteiger partial charge is 0.459 e. The van der Waals surface area contributed by atoms with Crippen LogP contribution in [0.4, 0.5) is 0 Å². The molecule has 3 aliphatic rings. The Kier molecular flexibility index (Phi) is 4.56. The number of carbonyl (C=O) groups is 1. The lowest BCUT2D eigenvalue weighted by atomic mass is 9.96. The van der Waals surface area contributed by atoms with Gasteiger partial charge in [0.1, 0.15) is 24.9 Å². The molecular formula is C22H21BrO6. The van der Waals surface area contributed by atoms with Crippen molar-refractivity contribution in [2.24, 2.45) is 0 Å². The Morgan fingerprint density at radius 3 is 2.66 bits per heavy atom. The zero-order valence-electron chi connectivity index (χ0n) is 16.1. The highest BCUT2D eigenvalue weighted by atomic mass is 79.9. The van der Waals surface area contributed by atoms with Crippen molar-refractivity contribution in [3.8, 4) is 0 Å². The molecule has 3 aliphatic heterocycles. The first kappa shape index (κ1) is 19.2. The van der Waals surface area contributed by atoms with Crippen LogP contribution in [0.1, 0.15) is 35.3 Å². The summed E-state index contributed by atoms with van der Waals surface area (Å²) >= 11 is 3.36. The summed E-state index contributed by atoms with van der Waals surface area (Å²) in [7, 11) is 0. The van der Waals surface area contributed by atoms with Gasteiger partial charge in [-0.2, -0.15) is 0 Å². The third-order valence-electron chi connectivity index (χ3n) is 5.49. The molecule has 1 spiro atoms. The van der Waals surface area contributed by atoms with Gasteiger partial charge >= 0.3 is 5.97 Å². The normalized spacial score (nSPS) is 31.6. The predicted molar refractivity (Wildman–Crippen MR) is 106 cm³/mol. The van der Waals surface area contributed by atoms with Crippen LogP contribution in [0.25, 0.3) is 0 Å². The van der Waals surface area contributed by atoms with Crippen molar-refractivity contribution in [1.82, 2.24) is 0 Å². The molecule has 4 atom stereocenters. The summed E-state index contributed by atoms with van der Waals surface area (Å²) in [6.45, 7) is 4.22. The highest BCUT2D eigenvalue weighted by Gasteiger charge is 2.66. The van der Waals surface area contributed by atoms with Crippen LogP contribution < -0.4 is 0 Å². The van der Waals surface area contributed by atoms with Gasteiger partial charge in [0, 0.05) is 10.0 Å². The lowest BCUT2D eigenvalue weighted by Gasteiger charge is -2.31. The maximum absolute atomic E-state index is 12.4. The average molecular weight is 461 g/mol. The molecule has 2 aromatic rings. The summed E-state index contributed by atoms with van der Waals surface area (Å²) in [6.07, 6.45) is -1.36. The van der Waals surface area contributed by atoms with Crippen LogP contribution in [0, 0.1) is 0 Å². The van der Waals surface area contributed by atoms with Crippen molar-refractivity contribution < 1.29 is 28.5 Å². The van der Waals surface area contributed by atoms with E-state index in [-0.39, 0.29) is 6.61 Å². The number of hydrogen-bond acceptors (Lipinski definition) is 6. The summed E-state index contributed by atoms with van der Waals surface area (Å²) in [5.74, 6) is -2.24. The summed E-state index contributed by atoms with van der Waals surface area (Å²) in [4.78, 5) is 12.4. The number of esters is 1. The molecule has 0 saturated carbocycles. The minimum Gasteiger partial charge on any atom is -0.459 e. The van der Waals surface area contributed by atoms with Gasteiger partial charge in [-0.15, -0.1) is 0 Å². The smallest absolute Gasteiger partial charge is 0.338 e. The molecule has 29 heavy (non-hydrogen) atoms. The Labute approximate surface area is 177 Å². The van der Waals surface area contributed by atoms with Crippen molar-refractivity contribution in [3.63, 3.8) is 0 Å². The molecule has 3 heterocycles. The lowest BCUT2D eigenvalue weighted by Crippen LogP contribution is -2.40. The molecular weight excluding hydrogens is 440 g/mol. The molecule has 2 saturated heterocycles. The highest BCUT2D eigenvalue weighted by molar-refractivity contribution is 9.10. The summed E-state index contributed by atoms with van der Waals surface area (Å²) in [5.41, 5.74) is 2.48. The predicted octanol–water partition coefficient (Wildman–Crippen LogP) is 3.91. The van der Waals surface area contributed by atoms with Gasteiger partial charge in [0.25, 0.3) is 0 Å². The van der Waals surface area contributed by atoms with Gasteiger partial charge in [-0.05, 0) is 43.7 Å². The molecule has 0 bridgehead atoms. The number of halogens is 1. The van der Waals surface area contributed by atoms with E-state index in [0.29, 0.717) is 12.2 Å². The third-order valence-corrected chi connectivity index (χ3v) is 6.02. The zero-order chi connectivity index (χ0) is 20.2. The first-order chi connectivity index (χ1) is 13.9. The fourth-order valence-electron chi connectivity index (χ4n) is 4.25.